The Bertz CT molecular complexity index is 1750. The Labute approximate surface area is 376 Å². The predicted molar refractivity (Wildman–Crippen MR) is 225 cm³/mol. The van der Waals surface area contributed by atoms with E-state index in [1.54, 1.807) is 0 Å². The maximum atomic E-state index is 13.1. The van der Waals surface area contributed by atoms with E-state index in [1.807, 2.05) is 6.92 Å². The third-order valence-electron chi connectivity index (χ3n) is 19.1. The van der Waals surface area contributed by atoms with Gasteiger partial charge in [-0.05, 0) is 111 Å². The van der Waals surface area contributed by atoms with Crippen molar-refractivity contribution in [1.29, 1.82) is 0 Å². The van der Waals surface area contributed by atoms with Crippen molar-refractivity contribution in [3.05, 3.63) is 11.6 Å². The lowest BCUT2D eigenvalue weighted by atomic mass is 9.33. The molecule has 0 bridgehead atoms. The van der Waals surface area contributed by atoms with Gasteiger partial charge in [0.25, 0.3) is 0 Å². The fraction of sp³-hybridized carbons (Fsp3) is 0.936. The van der Waals surface area contributed by atoms with Crippen LogP contribution in [0.1, 0.15) is 113 Å². The number of aliphatic carboxylic acids is 1. The van der Waals surface area contributed by atoms with Crippen molar-refractivity contribution in [3.63, 3.8) is 0 Å². The molecule has 23 atom stereocenters. The lowest BCUT2D eigenvalue weighted by molar-refractivity contribution is -0.383. The van der Waals surface area contributed by atoms with E-state index >= 15 is 0 Å². The molecule has 64 heavy (non-hydrogen) atoms. The van der Waals surface area contributed by atoms with Gasteiger partial charge in [-0.25, -0.2) is 0 Å². The van der Waals surface area contributed by atoms with Crippen LogP contribution < -0.4 is 0 Å². The fourth-order valence-corrected chi connectivity index (χ4v) is 14.8. The number of carboxylic acids is 1. The lowest BCUT2D eigenvalue weighted by Crippen LogP contribution is -2.67. The van der Waals surface area contributed by atoms with Crippen molar-refractivity contribution in [1.82, 2.24) is 0 Å². The first-order valence-corrected chi connectivity index (χ1v) is 23.7. The molecule has 3 aliphatic heterocycles. The van der Waals surface area contributed by atoms with Gasteiger partial charge in [0.05, 0.1) is 37.4 Å². The third kappa shape index (κ3) is 7.49. The number of fused-ring (bicyclic) bond motifs is 7. The Kier molecular flexibility index (Phi) is 13.2. The number of aliphatic hydroxyl groups is 9. The Morgan fingerprint density at radius 3 is 2.06 bits per heavy atom. The maximum Gasteiger partial charge on any atom is 0.310 e. The van der Waals surface area contributed by atoms with Crippen LogP contribution in [0.3, 0.4) is 0 Å². The first-order valence-electron chi connectivity index (χ1n) is 23.7. The summed E-state index contributed by atoms with van der Waals surface area (Å²) in [4.78, 5) is 13.1. The van der Waals surface area contributed by atoms with Crippen LogP contribution in [-0.4, -0.2) is 169 Å². The van der Waals surface area contributed by atoms with Crippen molar-refractivity contribution < 1.29 is 84.3 Å². The van der Waals surface area contributed by atoms with Gasteiger partial charge in [0.15, 0.2) is 18.9 Å². The van der Waals surface area contributed by atoms with Crippen molar-refractivity contribution in [3.8, 4) is 0 Å². The Hall–Kier alpha value is -1.39. The summed E-state index contributed by atoms with van der Waals surface area (Å²) in [6.45, 7) is 14.1. The quantitative estimate of drug-likeness (QED) is 0.116. The highest BCUT2D eigenvalue weighted by molar-refractivity contribution is 5.76. The van der Waals surface area contributed by atoms with E-state index in [-0.39, 0.29) is 52.6 Å². The second-order valence-corrected chi connectivity index (χ2v) is 22.9. The summed E-state index contributed by atoms with van der Waals surface area (Å²) in [5.74, 6) is -0.391. The smallest absolute Gasteiger partial charge is 0.310 e. The first kappa shape index (κ1) is 49.0. The molecule has 3 saturated heterocycles. The van der Waals surface area contributed by atoms with Crippen molar-refractivity contribution in [2.24, 2.45) is 50.2 Å². The van der Waals surface area contributed by atoms with Crippen LogP contribution in [0.4, 0.5) is 0 Å². The average Bonchev–Trinajstić information content (AvgIpc) is 3.24. The van der Waals surface area contributed by atoms with Gasteiger partial charge in [0.2, 0.25) is 0 Å². The van der Waals surface area contributed by atoms with Gasteiger partial charge in [-0.2, -0.15) is 0 Å². The Morgan fingerprint density at radius 2 is 1.39 bits per heavy atom. The second-order valence-electron chi connectivity index (χ2n) is 22.9. The molecule has 17 nitrogen and oxygen atoms in total. The SMILES string of the molecule is C[C@@H]1O[C@H](O[C@@H]2[C@H](O[C@@H]3CC[C@@]4(C)[C@@H](CC[C@]5(C)[C@@H]4CC=C4[C@@H]6CC(C)(C)CC[C@]6(C(=O)O)CC[C@]45C)[C@]3(C)CO)OC[C@H](O)[C@@H]2O)[C@H](O)[C@H](O[C@@H]2O[C@H](CO)[C@@H](O)[C@H](O)[C@H]2O)[C@H]1O. The third-order valence-corrected chi connectivity index (χ3v) is 19.1. The minimum Gasteiger partial charge on any atom is -0.481 e. The van der Waals surface area contributed by atoms with E-state index in [0.29, 0.717) is 19.3 Å². The Morgan fingerprint density at radius 1 is 0.719 bits per heavy atom. The molecule has 0 aromatic heterocycles. The summed E-state index contributed by atoms with van der Waals surface area (Å²) in [5.41, 5.74) is -0.609. The van der Waals surface area contributed by atoms with Crippen LogP contribution in [0.25, 0.3) is 0 Å². The average molecular weight is 913 g/mol. The molecule has 0 aromatic rings. The molecule has 17 heteroatoms. The number of carboxylic acid groups (broad SMARTS) is 1. The Balaban J connectivity index is 1.01. The van der Waals surface area contributed by atoms with Crippen LogP contribution in [0.15, 0.2) is 11.6 Å². The molecule has 4 saturated carbocycles. The number of aliphatic hydroxyl groups excluding tert-OH is 9. The van der Waals surface area contributed by atoms with Crippen molar-refractivity contribution >= 4 is 5.97 Å². The molecular weight excluding hydrogens is 837 g/mol. The number of ether oxygens (including phenoxy) is 6. The van der Waals surface area contributed by atoms with E-state index in [1.165, 1.54) is 12.5 Å². The van der Waals surface area contributed by atoms with Crippen molar-refractivity contribution in [2.75, 3.05) is 19.8 Å². The molecule has 0 amide bonds. The van der Waals surface area contributed by atoms with E-state index in [0.717, 1.165) is 44.9 Å². The van der Waals surface area contributed by atoms with Crippen LogP contribution >= 0.6 is 0 Å². The summed E-state index contributed by atoms with van der Waals surface area (Å²) in [7, 11) is 0. The van der Waals surface area contributed by atoms with E-state index in [4.69, 9.17) is 28.4 Å². The van der Waals surface area contributed by atoms with E-state index in [9.17, 15) is 55.9 Å². The number of hydrogen-bond acceptors (Lipinski definition) is 16. The molecule has 5 aliphatic carbocycles. The number of rotatable bonds is 9. The summed E-state index contributed by atoms with van der Waals surface area (Å²) >= 11 is 0. The van der Waals surface area contributed by atoms with Crippen LogP contribution in [-0.2, 0) is 33.2 Å². The minimum atomic E-state index is -1.82. The fourth-order valence-electron chi connectivity index (χ4n) is 14.8. The summed E-state index contributed by atoms with van der Waals surface area (Å²) in [5, 5.41) is 108. The molecular formula is C47H76O17. The summed E-state index contributed by atoms with van der Waals surface area (Å²) in [6.07, 6.45) is -11.9. The maximum absolute atomic E-state index is 13.1. The topological polar surface area (TPSA) is 275 Å². The molecule has 0 aromatic carbocycles. The number of hydrogen-bond donors (Lipinski definition) is 10. The molecule has 0 spiro atoms. The highest BCUT2D eigenvalue weighted by atomic mass is 16.8. The molecule has 366 valence electrons. The lowest BCUT2D eigenvalue weighted by Gasteiger charge is -2.71. The van der Waals surface area contributed by atoms with Gasteiger partial charge in [-0.1, -0.05) is 53.2 Å². The summed E-state index contributed by atoms with van der Waals surface area (Å²) in [6, 6.07) is 0. The monoisotopic (exact) mass is 913 g/mol. The molecule has 0 unspecified atom stereocenters. The standard InChI is InChI=1S/C47H76O17/c1-22-30(51)36(63-38-34(55)33(54)32(53)26(19-48)61-38)35(56)39(60-22)64-37-31(52)25(50)20-59-40(37)62-29-11-12-43(4)27(44(29,5)21-49)10-13-46(7)28(43)9-8-23-24-18-42(2,3)14-16-47(24,41(57)58)17-15-45(23,46)6/h8,22,24-40,48-56H,9-21H2,1-7H3,(H,57,58)/t22-,24-,25-,26+,27+,28+,29+,30-,31-,32+,33-,34+,35+,36+,37-,38-,39+,40-,43-,44-,45+,46+,47-/m0/s1. The zero-order chi connectivity index (χ0) is 46.7. The van der Waals surface area contributed by atoms with Gasteiger partial charge in [-0.15, -0.1) is 0 Å². The molecule has 8 rings (SSSR count). The van der Waals surface area contributed by atoms with Gasteiger partial charge in [0, 0.05) is 5.41 Å². The van der Waals surface area contributed by atoms with E-state index in [2.05, 4.69) is 40.7 Å². The first-order chi connectivity index (χ1) is 29.9. The molecule has 10 N–H and O–H groups in total. The highest BCUT2D eigenvalue weighted by Gasteiger charge is 2.70. The van der Waals surface area contributed by atoms with Crippen LogP contribution in [0.5, 0.6) is 0 Å². The predicted octanol–water partition coefficient (Wildman–Crippen LogP) is 1.35. The molecule has 3 heterocycles. The van der Waals surface area contributed by atoms with Gasteiger partial charge < -0.3 is 79.5 Å². The summed E-state index contributed by atoms with van der Waals surface area (Å²) < 4.78 is 36.1. The normalized spacial score (nSPS) is 55.0. The minimum absolute atomic E-state index is 0.00330. The zero-order valence-corrected chi connectivity index (χ0v) is 38.5. The zero-order valence-electron chi connectivity index (χ0n) is 38.5. The molecule has 7 fully saturated rings. The second kappa shape index (κ2) is 17.2. The van der Waals surface area contributed by atoms with E-state index < -0.39 is 116 Å². The van der Waals surface area contributed by atoms with Crippen LogP contribution in [0.2, 0.25) is 0 Å². The highest BCUT2D eigenvalue weighted by Crippen LogP contribution is 2.76. The van der Waals surface area contributed by atoms with Gasteiger partial charge >= 0.3 is 5.97 Å². The molecule has 0 radical (unpaired) electrons. The largest absolute Gasteiger partial charge is 0.481 e. The van der Waals surface area contributed by atoms with Crippen LogP contribution in [0, 0.1) is 50.2 Å². The number of carbonyl (C=O) groups is 1. The van der Waals surface area contributed by atoms with Gasteiger partial charge in [-0.3, -0.25) is 4.79 Å². The van der Waals surface area contributed by atoms with Gasteiger partial charge in [0.1, 0.15) is 61.0 Å². The number of allylic oxidation sites excluding steroid dienone is 2. The van der Waals surface area contributed by atoms with Crippen molar-refractivity contribution in [2.45, 2.75) is 205 Å². The molecule has 8 aliphatic rings.